The number of nitrogens with zero attached hydrogens (tertiary/aromatic N) is 2. The summed E-state index contributed by atoms with van der Waals surface area (Å²) in [6, 6.07) is 6.76. The Bertz CT molecular complexity index is 1140. The van der Waals surface area contributed by atoms with Crippen LogP contribution in [-0.2, 0) is 4.79 Å². The predicted molar refractivity (Wildman–Crippen MR) is 140 cm³/mol. The van der Waals surface area contributed by atoms with E-state index in [1.165, 1.54) is 23.3 Å². The number of allylic oxidation sites excluding steroid dienone is 9. The van der Waals surface area contributed by atoms with Crippen molar-refractivity contribution in [2.45, 2.75) is 53.5 Å². The van der Waals surface area contributed by atoms with E-state index in [0.29, 0.717) is 11.7 Å². The van der Waals surface area contributed by atoms with Gasteiger partial charge in [0.15, 0.2) is 0 Å². The molecule has 0 saturated heterocycles. The van der Waals surface area contributed by atoms with Crippen molar-refractivity contribution in [3.05, 3.63) is 102 Å². The highest BCUT2D eigenvalue weighted by Crippen LogP contribution is 2.45. The van der Waals surface area contributed by atoms with Crippen molar-refractivity contribution in [1.82, 2.24) is 9.55 Å². The molecule has 0 unspecified atom stereocenters. The number of rotatable bonds is 7. The Morgan fingerprint density at radius 3 is 2.59 bits per heavy atom. The molecular weight excluding hydrogens is 422 g/mol. The summed E-state index contributed by atoms with van der Waals surface area (Å²) in [7, 11) is 0. The van der Waals surface area contributed by atoms with Crippen molar-refractivity contribution in [2.24, 2.45) is 5.41 Å². The number of carbonyl (C=O) groups is 1. The lowest BCUT2D eigenvalue weighted by molar-refractivity contribution is -0.111. The van der Waals surface area contributed by atoms with Crippen LogP contribution in [0.4, 0.5) is 5.69 Å². The van der Waals surface area contributed by atoms with Gasteiger partial charge in [-0.25, -0.2) is 4.98 Å². The molecule has 0 bridgehead atoms. The molecular formula is C29H35N3O2. The number of aromatic nitrogens is 2. The monoisotopic (exact) mass is 457 g/mol. The van der Waals surface area contributed by atoms with Crippen molar-refractivity contribution in [3.8, 4) is 5.75 Å². The number of carbonyl (C=O) groups excluding carboxylic acids is 1. The zero-order valence-corrected chi connectivity index (χ0v) is 20.7. The summed E-state index contributed by atoms with van der Waals surface area (Å²) in [4.78, 5) is 16.4. The van der Waals surface area contributed by atoms with Gasteiger partial charge in [0.05, 0.1) is 12.4 Å². The van der Waals surface area contributed by atoms with E-state index in [1.807, 2.05) is 43.9 Å². The summed E-state index contributed by atoms with van der Waals surface area (Å²) in [5.74, 6) is -0.0387. The fourth-order valence-corrected chi connectivity index (χ4v) is 4.35. The molecule has 5 nitrogen and oxygen atoms in total. The number of phenolic OH excluding ortho intramolecular Hbond substituents is 1. The molecule has 2 aromatic rings. The highest BCUT2D eigenvalue weighted by atomic mass is 16.3. The number of nitrogens with one attached hydrogen (secondary N) is 1. The first-order valence-electron chi connectivity index (χ1n) is 11.7. The van der Waals surface area contributed by atoms with Crippen LogP contribution >= 0.6 is 0 Å². The highest BCUT2D eigenvalue weighted by Gasteiger charge is 2.32. The molecule has 1 aromatic carbocycles. The maximum absolute atomic E-state index is 12.2. The minimum atomic E-state index is -0.206. The number of amides is 1. The van der Waals surface area contributed by atoms with Crippen LogP contribution in [0.15, 0.2) is 102 Å². The SMILES string of the molecule is CC1=C(/C=C/C(C)=C/C=C/C(C)=C/C(=O)Nc2ccc(O)cc2)C(C)(C)CC[C@@H]1n1ccnc1. The number of hydrogen-bond acceptors (Lipinski definition) is 3. The minimum absolute atomic E-state index is 0.137. The Kier molecular flexibility index (Phi) is 8.11. The van der Waals surface area contributed by atoms with E-state index < -0.39 is 0 Å². The van der Waals surface area contributed by atoms with Crippen LogP contribution < -0.4 is 5.32 Å². The summed E-state index contributed by atoms with van der Waals surface area (Å²) < 4.78 is 2.21. The Labute approximate surface area is 202 Å². The molecule has 3 rings (SSSR count). The van der Waals surface area contributed by atoms with Gasteiger partial charge in [-0.1, -0.05) is 49.8 Å². The van der Waals surface area contributed by atoms with Gasteiger partial charge >= 0.3 is 0 Å². The Hall–Kier alpha value is -3.60. The van der Waals surface area contributed by atoms with Gasteiger partial charge in [0.25, 0.3) is 0 Å². The van der Waals surface area contributed by atoms with Gasteiger partial charge in [-0.15, -0.1) is 0 Å². The third kappa shape index (κ3) is 6.70. The molecule has 1 heterocycles. The molecule has 1 aliphatic rings. The first kappa shape index (κ1) is 25.0. The van der Waals surface area contributed by atoms with Gasteiger partial charge in [0.1, 0.15) is 5.75 Å². The third-order valence-electron chi connectivity index (χ3n) is 6.31. The van der Waals surface area contributed by atoms with Crippen molar-refractivity contribution in [3.63, 3.8) is 0 Å². The first-order valence-corrected chi connectivity index (χ1v) is 11.7. The van der Waals surface area contributed by atoms with Gasteiger partial charge in [-0.3, -0.25) is 4.79 Å². The highest BCUT2D eigenvalue weighted by molar-refractivity contribution is 6.00. The fraction of sp³-hybridized carbons (Fsp3) is 0.310. The number of aromatic hydroxyl groups is 1. The molecule has 0 fully saturated rings. The lowest BCUT2D eigenvalue weighted by atomic mass is 9.71. The molecule has 34 heavy (non-hydrogen) atoms. The molecule has 1 atom stereocenters. The average molecular weight is 458 g/mol. The van der Waals surface area contributed by atoms with Gasteiger partial charge in [-0.05, 0) is 80.0 Å². The molecule has 2 N–H and O–H groups in total. The zero-order chi connectivity index (χ0) is 24.7. The van der Waals surface area contributed by atoms with E-state index in [9.17, 15) is 9.90 Å². The largest absolute Gasteiger partial charge is 0.508 e. The smallest absolute Gasteiger partial charge is 0.248 e. The van der Waals surface area contributed by atoms with E-state index in [1.54, 1.807) is 18.2 Å². The van der Waals surface area contributed by atoms with Crippen molar-refractivity contribution in [1.29, 1.82) is 0 Å². The normalized spacial score (nSPS) is 19.3. The van der Waals surface area contributed by atoms with Crippen molar-refractivity contribution in [2.75, 3.05) is 5.32 Å². The lowest BCUT2D eigenvalue weighted by Gasteiger charge is -2.37. The van der Waals surface area contributed by atoms with Crippen LogP contribution in [0.5, 0.6) is 5.75 Å². The Balaban J connectivity index is 1.65. The number of hydrogen-bond donors (Lipinski definition) is 2. The van der Waals surface area contributed by atoms with Crippen LogP contribution in [-0.4, -0.2) is 20.6 Å². The molecule has 0 saturated carbocycles. The topological polar surface area (TPSA) is 67.2 Å². The molecule has 1 amide bonds. The molecule has 5 heteroatoms. The van der Waals surface area contributed by atoms with E-state index in [4.69, 9.17) is 0 Å². The van der Waals surface area contributed by atoms with E-state index in [-0.39, 0.29) is 17.1 Å². The van der Waals surface area contributed by atoms with Crippen LogP contribution in [0, 0.1) is 5.41 Å². The molecule has 0 radical (unpaired) electrons. The maximum Gasteiger partial charge on any atom is 0.248 e. The van der Waals surface area contributed by atoms with Crippen LogP contribution in [0.1, 0.15) is 53.5 Å². The number of imidazole rings is 1. The second-order valence-electron chi connectivity index (χ2n) is 9.57. The second kappa shape index (κ2) is 11.0. The van der Waals surface area contributed by atoms with Crippen LogP contribution in [0.2, 0.25) is 0 Å². The average Bonchev–Trinajstić information content (AvgIpc) is 3.29. The lowest BCUT2D eigenvalue weighted by Crippen LogP contribution is -2.25. The second-order valence-corrected chi connectivity index (χ2v) is 9.57. The Morgan fingerprint density at radius 1 is 1.18 bits per heavy atom. The van der Waals surface area contributed by atoms with E-state index in [2.05, 4.69) is 54.7 Å². The minimum Gasteiger partial charge on any atom is -0.508 e. The molecule has 1 aliphatic carbocycles. The summed E-state index contributed by atoms with van der Waals surface area (Å²) >= 11 is 0. The Morgan fingerprint density at radius 2 is 1.91 bits per heavy atom. The van der Waals surface area contributed by atoms with Crippen LogP contribution in [0.3, 0.4) is 0 Å². The summed E-state index contributed by atoms with van der Waals surface area (Å²) in [5, 5.41) is 12.1. The van der Waals surface area contributed by atoms with Gasteiger partial charge in [0.2, 0.25) is 5.91 Å². The summed E-state index contributed by atoms with van der Waals surface area (Å²) in [6.07, 6.45) is 19.9. The van der Waals surface area contributed by atoms with Gasteiger partial charge in [-0.2, -0.15) is 0 Å². The summed E-state index contributed by atoms with van der Waals surface area (Å²) in [5.41, 5.74) is 5.54. The number of phenols is 1. The maximum atomic E-state index is 12.2. The molecule has 1 aromatic heterocycles. The van der Waals surface area contributed by atoms with Gasteiger partial charge < -0.3 is 15.0 Å². The molecule has 0 spiro atoms. The number of anilines is 1. The number of benzene rings is 1. The molecule has 0 aliphatic heterocycles. The van der Waals surface area contributed by atoms with Gasteiger partial charge in [0, 0.05) is 24.2 Å². The third-order valence-corrected chi connectivity index (χ3v) is 6.31. The zero-order valence-electron chi connectivity index (χ0n) is 20.7. The predicted octanol–water partition coefficient (Wildman–Crippen LogP) is 6.91. The van der Waals surface area contributed by atoms with E-state index in [0.717, 1.165) is 24.0 Å². The van der Waals surface area contributed by atoms with Crippen LogP contribution in [0.25, 0.3) is 0 Å². The quantitative estimate of drug-likeness (QED) is 0.270. The molecule has 178 valence electrons. The van der Waals surface area contributed by atoms with Crippen molar-refractivity contribution < 1.29 is 9.90 Å². The standard InChI is InChI=1S/C29H35N3O2/c1-21(7-6-8-22(2)19-28(34)31-24-10-12-25(33)13-11-24)9-14-26-23(3)27(15-16-29(26,4)5)32-18-17-30-20-32/h6-14,17-20,27,33H,15-16H2,1-5H3,(H,31,34)/b8-6+,14-9+,21-7+,22-19+/t27-/m0/s1. The van der Waals surface area contributed by atoms with E-state index >= 15 is 0 Å². The first-order chi connectivity index (χ1) is 16.2. The fourth-order valence-electron chi connectivity index (χ4n) is 4.35. The van der Waals surface area contributed by atoms with Crippen molar-refractivity contribution >= 4 is 11.6 Å². The summed E-state index contributed by atoms with van der Waals surface area (Å²) in [6.45, 7) is 10.8.